The number of nitrogens with one attached hydrogen (secondary N) is 1. The van der Waals surface area contributed by atoms with Crippen LogP contribution in [0.1, 0.15) is 57.8 Å². The number of nitrogens with zero attached hydrogens (tertiary/aromatic N) is 3. The Kier molecular flexibility index (Phi) is 7.39. The molecule has 1 N–H and O–H groups in total. The Hall–Kier alpha value is -0.860. The molecular weight excluding hydrogens is 364 g/mol. The molecule has 3 fully saturated rings. The maximum atomic E-state index is 12.6. The number of amides is 2. The van der Waals surface area contributed by atoms with Crippen LogP contribution in [0.5, 0.6) is 0 Å². The molecule has 0 radical (unpaired) electrons. The average molecular weight is 401 g/mol. The fraction of sp³-hybridized carbons (Fsp3) is 0.947. The van der Waals surface area contributed by atoms with Gasteiger partial charge in [-0.1, -0.05) is 19.3 Å². The zero-order chi connectivity index (χ0) is 19.3. The molecule has 8 heteroatoms. The van der Waals surface area contributed by atoms with Crippen molar-refractivity contribution in [1.29, 1.82) is 0 Å². The van der Waals surface area contributed by atoms with Gasteiger partial charge in [0.15, 0.2) is 0 Å². The molecule has 156 valence electrons. The molecule has 1 saturated carbocycles. The second kappa shape index (κ2) is 9.56. The summed E-state index contributed by atoms with van der Waals surface area (Å²) < 4.78 is 26.3. The molecule has 1 aliphatic carbocycles. The van der Waals surface area contributed by atoms with Crippen molar-refractivity contribution in [2.45, 2.75) is 69.9 Å². The van der Waals surface area contributed by atoms with E-state index in [9.17, 15) is 13.2 Å². The van der Waals surface area contributed by atoms with Gasteiger partial charge in [0.05, 0.1) is 6.26 Å². The molecule has 3 rings (SSSR count). The van der Waals surface area contributed by atoms with Gasteiger partial charge in [0.1, 0.15) is 0 Å². The van der Waals surface area contributed by atoms with Crippen LogP contribution >= 0.6 is 0 Å². The zero-order valence-electron chi connectivity index (χ0n) is 16.7. The number of carbonyl (C=O) groups excluding carboxylic acids is 1. The number of hydrogen-bond donors (Lipinski definition) is 1. The van der Waals surface area contributed by atoms with Crippen molar-refractivity contribution in [3.05, 3.63) is 0 Å². The molecule has 3 aliphatic rings. The van der Waals surface area contributed by atoms with Gasteiger partial charge in [-0.15, -0.1) is 0 Å². The van der Waals surface area contributed by atoms with Crippen LogP contribution in [0, 0.1) is 0 Å². The van der Waals surface area contributed by atoms with E-state index in [-0.39, 0.29) is 18.1 Å². The first-order valence-electron chi connectivity index (χ1n) is 10.7. The molecule has 2 aliphatic heterocycles. The van der Waals surface area contributed by atoms with E-state index in [1.54, 1.807) is 9.21 Å². The summed E-state index contributed by atoms with van der Waals surface area (Å²) >= 11 is 0. The monoisotopic (exact) mass is 400 g/mol. The second-order valence-corrected chi connectivity index (χ2v) is 10.4. The molecule has 27 heavy (non-hydrogen) atoms. The SMILES string of the molecule is CS(=O)(=O)N(CCCN1CCCC1)C1CCN(C(=O)NC2CCCCC2)C1. The fourth-order valence-electron chi connectivity index (χ4n) is 4.75. The summed E-state index contributed by atoms with van der Waals surface area (Å²) in [7, 11) is -3.26. The predicted octanol–water partition coefficient (Wildman–Crippen LogP) is 1.85. The third kappa shape index (κ3) is 6.06. The van der Waals surface area contributed by atoms with Gasteiger partial charge in [-0.3, -0.25) is 0 Å². The first-order valence-corrected chi connectivity index (χ1v) is 12.5. The number of rotatable bonds is 7. The van der Waals surface area contributed by atoms with Crippen molar-refractivity contribution in [2.24, 2.45) is 0 Å². The lowest BCUT2D eigenvalue weighted by atomic mass is 9.96. The molecule has 2 heterocycles. The van der Waals surface area contributed by atoms with Crippen molar-refractivity contribution in [2.75, 3.05) is 45.5 Å². The quantitative estimate of drug-likeness (QED) is 0.708. The smallest absolute Gasteiger partial charge is 0.317 e. The highest BCUT2D eigenvalue weighted by Gasteiger charge is 2.35. The third-order valence-electron chi connectivity index (χ3n) is 6.27. The molecular formula is C19H36N4O3S. The van der Waals surface area contributed by atoms with Gasteiger partial charge in [-0.25, -0.2) is 13.2 Å². The summed E-state index contributed by atoms with van der Waals surface area (Å²) in [6, 6.07) is 0.183. The van der Waals surface area contributed by atoms with Crippen molar-refractivity contribution in [1.82, 2.24) is 19.4 Å². The van der Waals surface area contributed by atoms with Crippen molar-refractivity contribution < 1.29 is 13.2 Å². The Morgan fingerprint density at radius 3 is 2.41 bits per heavy atom. The summed E-state index contributed by atoms with van der Waals surface area (Å²) in [4.78, 5) is 16.8. The summed E-state index contributed by atoms with van der Waals surface area (Å²) in [5, 5.41) is 3.15. The summed E-state index contributed by atoms with van der Waals surface area (Å²) in [5.41, 5.74) is 0. The summed E-state index contributed by atoms with van der Waals surface area (Å²) in [6.07, 6.45) is 11.2. The topological polar surface area (TPSA) is 73.0 Å². The minimum Gasteiger partial charge on any atom is -0.335 e. The molecule has 0 bridgehead atoms. The normalized spacial score (nSPS) is 25.4. The van der Waals surface area contributed by atoms with Crippen molar-refractivity contribution >= 4 is 16.1 Å². The first-order chi connectivity index (χ1) is 12.9. The van der Waals surface area contributed by atoms with Crippen LogP contribution in [-0.4, -0.2) is 86.2 Å². The molecule has 2 amide bonds. The predicted molar refractivity (Wildman–Crippen MR) is 107 cm³/mol. The van der Waals surface area contributed by atoms with E-state index >= 15 is 0 Å². The van der Waals surface area contributed by atoms with Crippen LogP contribution in [0.15, 0.2) is 0 Å². The minimum atomic E-state index is -3.26. The van der Waals surface area contributed by atoms with E-state index in [2.05, 4.69) is 10.2 Å². The van der Waals surface area contributed by atoms with Gasteiger partial charge in [0.25, 0.3) is 0 Å². The Balaban J connectivity index is 1.48. The Morgan fingerprint density at radius 1 is 1.04 bits per heavy atom. The Morgan fingerprint density at radius 2 is 1.74 bits per heavy atom. The van der Waals surface area contributed by atoms with E-state index in [4.69, 9.17) is 0 Å². The Labute approximate surface area is 164 Å². The van der Waals surface area contributed by atoms with Gasteiger partial charge in [0.2, 0.25) is 10.0 Å². The van der Waals surface area contributed by atoms with Crippen molar-refractivity contribution in [3.63, 3.8) is 0 Å². The van der Waals surface area contributed by atoms with E-state index in [0.717, 1.165) is 45.3 Å². The number of carbonyl (C=O) groups is 1. The highest BCUT2D eigenvalue weighted by molar-refractivity contribution is 7.88. The zero-order valence-corrected chi connectivity index (χ0v) is 17.6. The van der Waals surface area contributed by atoms with Crippen molar-refractivity contribution in [3.8, 4) is 0 Å². The largest absolute Gasteiger partial charge is 0.335 e. The average Bonchev–Trinajstić information content (AvgIpc) is 3.30. The van der Waals surface area contributed by atoms with Crippen LogP contribution in [0.4, 0.5) is 4.79 Å². The Bertz CT molecular complexity index is 586. The fourth-order valence-corrected chi connectivity index (χ4v) is 5.92. The molecule has 1 unspecified atom stereocenters. The van der Waals surface area contributed by atoms with Gasteiger partial charge in [0, 0.05) is 31.7 Å². The second-order valence-electron chi connectivity index (χ2n) is 8.45. The highest BCUT2D eigenvalue weighted by atomic mass is 32.2. The molecule has 0 aromatic heterocycles. The third-order valence-corrected chi connectivity index (χ3v) is 7.60. The van der Waals surface area contributed by atoms with E-state index in [1.807, 2.05) is 0 Å². The van der Waals surface area contributed by atoms with Crippen LogP contribution in [-0.2, 0) is 10.0 Å². The number of urea groups is 1. The standard InChI is InChI=1S/C19H36N4O3S/c1-27(25,26)23(14-7-13-21-11-5-6-12-21)18-10-15-22(16-18)19(24)20-17-8-3-2-4-9-17/h17-18H,2-16H2,1H3,(H,20,24). The summed E-state index contributed by atoms with van der Waals surface area (Å²) in [5.74, 6) is 0. The molecule has 0 aromatic carbocycles. The molecule has 1 atom stereocenters. The van der Waals surface area contributed by atoms with E-state index < -0.39 is 10.0 Å². The molecule has 7 nitrogen and oxygen atoms in total. The first kappa shape index (κ1) is 20.9. The van der Waals surface area contributed by atoms with Gasteiger partial charge >= 0.3 is 6.03 Å². The lowest BCUT2D eigenvalue weighted by Crippen LogP contribution is -2.47. The lowest BCUT2D eigenvalue weighted by molar-refractivity contribution is 0.196. The number of likely N-dealkylation sites (tertiary alicyclic amines) is 2. The minimum absolute atomic E-state index is 0.0186. The molecule has 2 saturated heterocycles. The van der Waals surface area contributed by atoms with Gasteiger partial charge < -0.3 is 15.1 Å². The molecule has 0 spiro atoms. The number of sulfonamides is 1. The maximum Gasteiger partial charge on any atom is 0.317 e. The van der Waals surface area contributed by atoms with E-state index in [1.165, 1.54) is 38.4 Å². The van der Waals surface area contributed by atoms with E-state index in [0.29, 0.717) is 19.6 Å². The maximum absolute atomic E-state index is 12.6. The highest BCUT2D eigenvalue weighted by Crippen LogP contribution is 2.21. The van der Waals surface area contributed by atoms with Gasteiger partial charge in [-0.2, -0.15) is 4.31 Å². The van der Waals surface area contributed by atoms with Crippen LogP contribution in [0.2, 0.25) is 0 Å². The van der Waals surface area contributed by atoms with Crippen LogP contribution in [0.3, 0.4) is 0 Å². The van der Waals surface area contributed by atoms with Gasteiger partial charge in [-0.05, 0) is 58.2 Å². The van der Waals surface area contributed by atoms with Crippen LogP contribution in [0.25, 0.3) is 0 Å². The summed E-state index contributed by atoms with van der Waals surface area (Å²) in [6.45, 7) is 4.94. The lowest BCUT2D eigenvalue weighted by Gasteiger charge is -2.29. The molecule has 0 aromatic rings. The number of hydrogen-bond acceptors (Lipinski definition) is 4. The van der Waals surface area contributed by atoms with Crippen LogP contribution < -0.4 is 5.32 Å².